The normalized spacial score (nSPS) is 16.8. The highest BCUT2D eigenvalue weighted by Crippen LogP contribution is 2.12. The first-order valence-electron chi connectivity index (χ1n) is 17.7. The lowest BCUT2D eigenvalue weighted by molar-refractivity contribution is -0.143. The summed E-state index contributed by atoms with van der Waals surface area (Å²) in [4.78, 5) is 90.4. The Labute approximate surface area is 314 Å². The summed E-state index contributed by atoms with van der Waals surface area (Å²) >= 11 is 0. The Hall–Kier alpha value is -4.69. The molecule has 10 atom stereocenters. The van der Waals surface area contributed by atoms with Crippen molar-refractivity contribution in [3.63, 3.8) is 0 Å². The lowest BCUT2D eigenvalue weighted by Crippen LogP contribution is -2.63. The Balaban J connectivity index is 3.16. The summed E-state index contributed by atoms with van der Waals surface area (Å²) in [6, 6.07) is -1.46. The summed E-state index contributed by atoms with van der Waals surface area (Å²) in [6.45, 7) is 7.31. The molecule has 0 saturated carbocycles. The molecule has 1 aromatic carbocycles. The van der Waals surface area contributed by atoms with Gasteiger partial charge in [-0.05, 0) is 44.1 Å². The molecule has 0 spiro atoms. The number of hydrogen-bond acceptors (Lipinski definition) is 12. The molecule has 0 fully saturated rings. The number of aliphatic hydroxyl groups is 4. The third-order valence-corrected chi connectivity index (χ3v) is 8.51. The first-order chi connectivity index (χ1) is 25.3. The molecular formula is C35H57N7O12. The van der Waals surface area contributed by atoms with Crippen molar-refractivity contribution in [3.8, 4) is 0 Å². The van der Waals surface area contributed by atoms with Crippen LogP contribution in [0.3, 0.4) is 0 Å². The highest BCUT2D eigenvalue weighted by Gasteiger charge is 2.37. The van der Waals surface area contributed by atoms with Crippen molar-refractivity contribution in [1.82, 2.24) is 31.9 Å². The summed E-state index contributed by atoms with van der Waals surface area (Å²) in [5.41, 5.74) is 6.82. The molecule has 13 N–H and O–H groups in total. The zero-order chi connectivity index (χ0) is 41.3. The van der Waals surface area contributed by atoms with Gasteiger partial charge < -0.3 is 63.2 Å². The Morgan fingerprint density at radius 3 is 1.50 bits per heavy atom. The Kier molecular flexibility index (Phi) is 20.3. The second-order valence-corrected chi connectivity index (χ2v) is 13.6. The standard InChI is InChI=1S/C35H57N7O12/c1-7-18(4)26(32(50)38-24(15-43)31(49)39-25(16-44)35(53)54)40-34(52)28(20(6)46)42-30(48)23(13-17(2)3)37-33(51)27(19(5)45)41-29(47)22(36)14-21-11-9-8-10-12-21/h8-12,17-20,22-28,43-46H,7,13-16,36H2,1-6H3,(H,37,51)(H,38,50)(H,39,49)(H,40,52)(H,41,47)(H,42,48)(H,53,54)/t18-,19+,20+,22-,23-,24-,25-,26-,27-,28-/m0/s1. The lowest BCUT2D eigenvalue weighted by atomic mass is 9.97. The van der Waals surface area contributed by atoms with E-state index in [0.29, 0.717) is 6.42 Å². The van der Waals surface area contributed by atoms with Gasteiger partial charge in [-0.2, -0.15) is 0 Å². The first-order valence-corrected chi connectivity index (χ1v) is 17.7. The molecule has 54 heavy (non-hydrogen) atoms. The van der Waals surface area contributed by atoms with Crippen molar-refractivity contribution in [2.45, 2.75) is 115 Å². The molecule has 19 nitrogen and oxygen atoms in total. The van der Waals surface area contributed by atoms with E-state index in [-0.39, 0.29) is 18.8 Å². The van der Waals surface area contributed by atoms with E-state index in [9.17, 15) is 54.0 Å². The second-order valence-electron chi connectivity index (χ2n) is 13.6. The molecule has 304 valence electrons. The molecule has 0 saturated heterocycles. The van der Waals surface area contributed by atoms with Gasteiger partial charge in [0.15, 0.2) is 0 Å². The smallest absolute Gasteiger partial charge is 0.328 e. The highest BCUT2D eigenvalue weighted by molar-refractivity contribution is 5.97. The van der Waals surface area contributed by atoms with Crippen molar-refractivity contribution in [3.05, 3.63) is 35.9 Å². The van der Waals surface area contributed by atoms with Gasteiger partial charge in [0.25, 0.3) is 0 Å². The van der Waals surface area contributed by atoms with E-state index in [0.717, 1.165) is 5.56 Å². The van der Waals surface area contributed by atoms with Crippen molar-refractivity contribution >= 4 is 41.4 Å². The van der Waals surface area contributed by atoms with Gasteiger partial charge in [0.2, 0.25) is 35.4 Å². The van der Waals surface area contributed by atoms with Crippen LogP contribution in [0.1, 0.15) is 59.9 Å². The van der Waals surface area contributed by atoms with Crippen LogP contribution < -0.4 is 37.6 Å². The number of benzene rings is 1. The van der Waals surface area contributed by atoms with Gasteiger partial charge in [-0.1, -0.05) is 64.4 Å². The summed E-state index contributed by atoms with van der Waals surface area (Å²) < 4.78 is 0. The number of nitrogens with two attached hydrogens (primary N) is 1. The number of carbonyl (C=O) groups excluding carboxylic acids is 6. The lowest BCUT2D eigenvalue weighted by Gasteiger charge is -2.30. The second kappa shape index (κ2) is 23.2. The molecule has 0 unspecified atom stereocenters. The third-order valence-electron chi connectivity index (χ3n) is 8.51. The van der Waals surface area contributed by atoms with E-state index < -0.39 is 115 Å². The number of carboxylic acids is 1. The number of carboxylic acid groups (broad SMARTS) is 1. The molecule has 0 aliphatic carbocycles. The Morgan fingerprint density at radius 1 is 0.611 bits per heavy atom. The molecule has 0 bridgehead atoms. The number of hydrogen-bond donors (Lipinski definition) is 12. The largest absolute Gasteiger partial charge is 0.480 e. The van der Waals surface area contributed by atoms with Crippen LogP contribution in [0, 0.1) is 11.8 Å². The number of aliphatic carboxylic acids is 1. The maximum atomic E-state index is 13.6. The fraction of sp³-hybridized carbons (Fsp3) is 0.629. The number of carbonyl (C=O) groups is 7. The Morgan fingerprint density at radius 2 is 1.04 bits per heavy atom. The van der Waals surface area contributed by atoms with E-state index in [1.165, 1.54) is 13.8 Å². The number of aliphatic hydroxyl groups excluding tert-OH is 4. The summed E-state index contributed by atoms with van der Waals surface area (Å²) in [6.07, 6.45) is -2.46. The average molecular weight is 768 g/mol. The summed E-state index contributed by atoms with van der Waals surface area (Å²) in [7, 11) is 0. The van der Waals surface area contributed by atoms with E-state index in [2.05, 4.69) is 26.6 Å². The van der Waals surface area contributed by atoms with E-state index in [1.54, 1.807) is 58.0 Å². The van der Waals surface area contributed by atoms with Gasteiger partial charge in [0.05, 0.1) is 31.5 Å². The van der Waals surface area contributed by atoms with Gasteiger partial charge >= 0.3 is 5.97 Å². The monoisotopic (exact) mass is 767 g/mol. The number of nitrogens with one attached hydrogen (secondary N) is 6. The van der Waals surface area contributed by atoms with Crippen LogP contribution in [0.2, 0.25) is 0 Å². The molecule has 19 heteroatoms. The zero-order valence-electron chi connectivity index (χ0n) is 31.4. The predicted molar refractivity (Wildman–Crippen MR) is 194 cm³/mol. The SMILES string of the molecule is CC[C@H](C)[C@H](NC(=O)[C@@H](NC(=O)[C@H](CC(C)C)NC(=O)[C@@H](NC(=O)[C@@H](N)Cc1ccccc1)[C@@H](C)O)[C@@H](C)O)C(=O)N[C@@H](CO)C(=O)N[C@@H](CO)C(=O)O. The van der Waals surface area contributed by atoms with Crippen LogP contribution in [-0.4, -0.2) is 135 Å². The molecular weight excluding hydrogens is 710 g/mol. The zero-order valence-corrected chi connectivity index (χ0v) is 31.4. The molecule has 0 heterocycles. The Bertz CT molecular complexity index is 1410. The van der Waals surface area contributed by atoms with Crippen LogP contribution >= 0.6 is 0 Å². The minimum absolute atomic E-state index is 0.0290. The van der Waals surface area contributed by atoms with Crippen LogP contribution in [0.4, 0.5) is 0 Å². The van der Waals surface area contributed by atoms with Gasteiger partial charge in [-0.3, -0.25) is 28.8 Å². The summed E-state index contributed by atoms with van der Waals surface area (Å²) in [5, 5.41) is 62.9. The molecule has 0 aliphatic heterocycles. The first kappa shape index (κ1) is 47.3. The minimum Gasteiger partial charge on any atom is -0.480 e. The maximum absolute atomic E-state index is 13.6. The fourth-order valence-electron chi connectivity index (χ4n) is 5.11. The topological polar surface area (TPSA) is 319 Å². The fourth-order valence-corrected chi connectivity index (χ4v) is 5.11. The molecule has 0 radical (unpaired) electrons. The summed E-state index contributed by atoms with van der Waals surface area (Å²) in [5.74, 6) is -8.03. The molecule has 0 aromatic heterocycles. The number of rotatable bonds is 23. The van der Waals surface area contributed by atoms with Gasteiger partial charge in [0, 0.05) is 0 Å². The van der Waals surface area contributed by atoms with Crippen molar-refractivity contribution < 1.29 is 59.1 Å². The molecule has 1 aromatic rings. The average Bonchev–Trinajstić information content (AvgIpc) is 3.11. The van der Waals surface area contributed by atoms with Crippen LogP contribution in [0.5, 0.6) is 0 Å². The quantitative estimate of drug-likeness (QED) is 0.0513. The molecule has 1 rings (SSSR count). The van der Waals surface area contributed by atoms with Crippen LogP contribution in [-0.2, 0) is 40.0 Å². The third kappa shape index (κ3) is 15.3. The van der Waals surface area contributed by atoms with Crippen molar-refractivity contribution in [1.29, 1.82) is 0 Å². The molecule has 0 aliphatic rings. The van der Waals surface area contributed by atoms with Crippen molar-refractivity contribution in [2.24, 2.45) is 17.6 Å². The highest BCUT2D eigenvalue weighted by atomic mass is 16.4. The predicted octanol–water partition coefficient (Wildman–Crippen LogP) is -3.61. The van der Waals surface area contributed by atoms with Gasteiger partial charge in [0.1, 0.15) is 36.3 Å². The minimum atomic E-state index is -1.71. The van der Waals surface area contributed by atoms with E-state index >= 15 is 0 Å². The van der Waals surface area contributed by atoms with Crippen LogP contribution in [0.15, 0.2) is 30.3 Å². The van der Waals surface area contributed by atoms with Gasteiger partial charge in [-0.15, -0.1) is 0 Å². The van der Waals surface area contributed by atoms with E-state index in [1.807, 2.05) is 5.32 Å². The molecule has 6 amide bonds. The number of amides is 6. The maximum Gasteiger partial charge on any atom is 0.328 e. The van der Waals surface area contributed by atoms with Crippen LogP contribution in [0.25, 0.3) is 0 Å². The van der Waals surface area contributed by atoms with E-state index in [4.69, 9.17) is 10.8 Å². The van der Waals surface area contributed by atoms with Crippen molar-refractivity contribution in [2.75, 3.05) is 13.2 Å². The van der Waals surface area contributed by atoms with Gasteiger partial charge in [-0.25, -0.2) is 4.79 Å².